The van der Waals surface area contributed by atoms with Crippen molar-refractivity contribution >= 4 is 17.7 Å². The molecule has 0 aromatic heterocycles. The summed E-state index contributed by atoms with van der Waals surface area (Å²) in [4.78, 5) is 40.0. The number of rotatable bonds is 3. The SMILES string of the molecule is O=C(NC1CCCCC1)NC1CCN(C(=O)c2ccc3c(c2)C(=O)c2ccccc2-3)CC1. The first-order chi connectivity index (χ1) is 15.6. The number of benzene rings is 2. The maximum absolute atomic E-state index is 13.1. The van der Waals surface area contributed by atoms with Crippen molar-refractivity contribution in [3.8, 4) is 11.1 Å². The van der Waals surface area contributed by atoms with E-state index < -0.39 is 0 Å². The normalized spacial score (nSPS) is 18.8. The summed E-state index contributed by atoms with van der Waals surface area (Å²) in [5, 5.41) is 6.18. The number of ketones is 1. The summed E-state index contributed by atoms with van der Waals surface area (Å²) < 4.78 is 0. The highest BCUT2D eigenvalue weighted by atomic mass is 16.2. The van der Waals surface area contributed by atoms with Gasteiger partial charge < -0.3 is 15.5 Å². The van der Waals surface area contributed by atoms with Crippen LogP contribution in [0.5, 0.6) is 0 Å². The summed E-state index contributed by atoms with van der Waals surface area (Å²) in [6.07, 6.45) is 7.23. The second-order valence-corrected chi connectivity index (χ2v) is 9.15. The van der Waals surface area contributed by atoms with Gasteiger partial charge in [0.25, 0.3) is 5.91 Å². The van der Waals surface area contributed by atoms with Crippen LogP contribution < -0.4 is 10.6 Å². The minimum atomic E-state index is -0.0848. The van der Waals surface area contributed by atoms with Crippen LogP contribution in [-0.4, -0.2) is 47.8 Å². The maximum atomic E-state index is 13.1. The summed E-state index contributed by atoms with van der Waals surface area (Å²) in [5.74, 6) is -0.0706. The van der Waals surface area contributed by atoms with E-state index in [0.717, 1.165) is 36.8 Å². The molecule has 2 N–H and O–H groups in total. The Bertz CT molecular complexity index is 1050. The lowest BCUT2D eigenvalue weighted by Gasteiger charge is -2.33. The van der Waals surface area contributed by atoms with E-state index in [2.05, 4.69) is 10.6 Å². The molecule has 3 amide bonds. The molecule has 2 aliphatic carbocycles. The van der Waals surface area contributed by atoms with E-state index in [0.29, 0.717) is 35.8 Å². The molecule has 0 atom stereocenters. The lowest BCUT2D eigenvalue weighted by atomic mass is 9.96. The molecule has 1 saturated carbocycles. The third-order valence-corrected chi connectivity index (χ3v) is 7.03. The molecule has 6 nitrogen and oxygen atoms in total. The van der Waals surface area contributed by atoms with Crippen molar-refractivity contribution in [1.29, 1.82) is 0 Å². The summed E-state index contributed by atoms with van der Waals surface area (Å²) >= 11 is 0. The standard InChI is InChI=1S/C26H29N3O3/c30-24-22-9-5-4-8-20(22)21-11-10-17(16-23(21)24)25(31)29-14-12-19(13-15-29)28-26(32)27-18-6-2-1-3-7-18/h4-5,8-11,16,18-19H,1-3,6-7,12-15H2,(H2,27,28,32). The molecule has 2 aromatic rings. The lowest BCUT2D eigenvalue weighted by molar-refractivity contribution is 0.0708. The van der Waals surface area contributed by atoms with Crippen molar-refractivity contribution in [2.24, 2.45) is 0 Å². The summed E-state index contributed by atoms with van der Waals surface area (Å²) in [6.45, 7) is 1.19. The van der Waals surface area contributed by atoms with E-state index in [-0.39, 0.29) is 23.8 Å². The molecule has 6 heteroatoms. The molecule has 1 aliphatic heterocycles. The molecule has 1 heterocycles. The molecule has 5 rings (SSSR count). The monoisotopic (exact) mass is 431 g/mol. The Labute approximate surface area is 188 Å². The molecule has 0 bridgehead atoms. The number of amides is 3. The van der Waals surface area contributed by atoms with Gasteiger partial charge in [0.2, 0.25) is 0 Å². The van der Waals surface area contributed by atoms with Gasteiger partial charge in [0.05, 0.1) is 0 Å². The molecular weight excluding hydrogens is 402 g/mol. The fraction of sp³-hybridized carbons (Fsp3) is 0.423. The van der Waals surface area contributed by atoms with Crippen molar-refractivity contribution in [2.75, 3.05) is 13.1 Å². The maximum Gasteiger partial charge on any atom is 0.315 e. The Morgan fingerprint density at radius 2 is 1.38 bits per heavy atom. The number of fused-ring (bicyclic) bond motifs is 3. The van der Waals surface area contributed by atoms with Gasteiger partial charge >= 0.3 is 6.03 Å². The van der Waals surface area contributed by atoms with E-state index in [1.165, 1.54) is 19.3 Å². The number of piperidine rings is 1. The zero-order valence-corrected chi connectivity index (χ0v) is 18.2. The number of hydrogen-bond acceptors (Lipinski definition) is 3. The largest absolute Gasteiger partial charge is 0.338 e. The number of nitrogens with one attached hydrogen (secondary N) is 2. The molecule has 0 spiro atoms. The van der Waals surface area contributed by atoms with Crippen molar-refractivity contribution in [1.82, 2.24) is 15.5 Å². The Hall–Kier alpha value is -3.15. The van der Waals surface area contributed by atoms with Crippen LogP contribution in [0.15, 0.2) is 42.5 Å². The minimum Gasteiger partial charge on any atom is -0.338 e. The van der Waals surface area contributed by atoms with Gasteiger partial charge in [-0.3, -0.25) is 9.59 Å². The lowest BCUT2D eigenvalue weighted by Crippen LogP contribution is -2.51. The van der Waals surface area contributed by atoms with Gasteiger partial charge in [0.15, 0.2) is 5.78 Å². The Morgan fingerprint density at radius 3 is 2.09 bits per heavy atom. The van der Waals surface area contributed by atoms with Crippen LogP contribution in [-0.2, 0) is 0 Å². The molecule has 2 fully saturated rings. The van der Waals surface area contributed by atoms with E-state index in [9.17, 15) is 14.4 Å². The van der Waals surface area contributed by atoms with Crippen molar-refractivity contribution in [3.05, 3.63) is 59.2 Å². The predicted molar refractivity (Wildman–Crippen MR) is 123 cm³/mol. The zero-order chi connectivity index (χ0) is 22.1. The molecule has 2 aromatic carbocycles. The summed E-state index contributed by atoms with van der Waals surface area (Å²) in [6, 6.07) is 13.3. The average molecular weight is 432 g/mol. The number of hydrogen-bond donors (Lipinski definition) is 2. The van der Waals surface area contributed by atoms with Gasteiger partial charge in [-0.25, -0.2) is 4.79 Å². The second-order valence-electron chi connectivity index (χ2n) is 9.15. The molecule has 1 saturated heterocycles. The van der Waals surface area contributed by atoms with Crippen molar-refractivity contribution in [3.63, 3.8) is 0 Å². The number of urea groups is 1. The second kappa shape index (κ2) is 8.77. The predicted octanol–water partition coefficient (Wildman–Crippen LogP) is 4.13. The van der Waals surface area contributed by atoms with Crippen LogP contribution in [0.2, 0.25) is 0 Å². The zero-order valence-electron chi connectivity index (χ0n) is 18.2. The average Bonchev–Trinajstić information content (AvgIpc) is 3.11. The first kappa shape index (κ1) is 20.7. The minimum absolute atomic E-state index is 0.0165. The molecular formula is C26H29N3O3. The topological polar surface area (TPSA) is 78.5 Å². The molecule has 32 heavy (non-hydrogen) atoms. The van der Waals surface area contributed by atoms with Gasteiger partial charge in [-0.15, -0.1) is 0 Å². The molecule has 166 valence electrons. The van der Waals surface area contributed by atoms with Gasteiger partial charge in [-0.2, -0.15) is 0 Å². The van der Waals surface area contributed by atoms with Crippen LogP contribution in [0.3, 0.4) is 0 Å². The van der Waals surface area contributed by atoms with E-state index >= 15 is 0 Å². The van der Waals surface area contributed by atoms with Crippen LogP contribution in [0.25, 0.3) is 11.1 Å². The number of nitrogens with zero attached hydrogens (tertiary/aromatic N) is 1. The Balaban J connectivity index is 1.17. The molecule has 0 radical (unpaired) electrons. The first-order valence-corrected chi connectivity index (χ1v) is 11.7. The van der Waals surface area contributed by atoms with E-state index in [1.54, 1.807) is 6.07 Å². The van der Waals surface area contributed by atoms with Gasteiger partial charge in [0.1, 0.15) is 0 Å². The third kappa shape index (κ3) is 4.01. The van der Waals surface area contributed by atoms with Gasteiger partial charge in [0, 0.05) is 41.9 Å². The summed E-state index contributed by atoms with van der Waals surface area (Å²) in [5.41, 5.74) is 3.68. The molecule has 3 aliphatic rings. The fourth-order valence-corrected chi connectivity index (χ4v) is 5.23. The van der Waals surface area contributed by atoms with Crippen molar-refractivity contribution < 1.29 is 14.4 Å². The van der Waals surface area contributed by atoms with E-state index in [1.807, 2.05) is 41.3 Å². The summed E-state index contributed by atoms with van der Waals surface area (Å²) in [7, 11) is 0. The highest BCUT2D eigenvalue weighted by molar-refractivity contribution is 6.22. The van der Waals surface area contributed by atoms with Gasteiger partial charge in [-0.05, 0) is 48.9 Å². The van der Waals surface area contributed by atoms with Crippen LogP contribution in [0.4, 0.5) is 4.79 Å². The highest BCUT2D eigenvalue weighted by Gasteiger charge is 2.29. The van der Waals surface area contributed by atoms with E-state index in [4.69, 9.17) is 0 Å². The number of carbonyl (C=O) groups excluding carboxylic acids is 3. The van der Waals surface area contributed by atoms with Crippen LogP contribution in [0, 0.1) is 0 Å². The number of carbonyl (C=O) groups is 3. The Kier molecular flexibility index (Phi) is 5.68. The number of likely N-dealkylation sites (tertiary alicyclic amines) is 1. The highest BCUT2D eigenvalue weighted by Crippen LogP contribution is 2.37. The van der Waals surface area contributed by atoms with Crippen LogP contribution >= 0.6 is 0 Å². The smallest absolute Gasteiger partial charge is 0.315 e. The quantitative estimate of drug-likeness (QED) is 0.654. The van der Waals surface area contributed by atoms with Gasteiger partial charge in [-0.1, -0.05) is 49.6 Å². The van der Waals surface area contributed by atoms with Crippen molar-refractivity contribution in [2.45, 2.75) is 57.0 Å². The first-order valence-electron chi connectivity index (χ1n) is 11.7. The Morgan fingerprint density at radius 1 is 0.750 bits per heavy atom. The third-order valence-electron chi connectivity index (χ3n) is 7.03. The van der Waals surface area contributed by atoms with Crippen LogP contribution in [0.1, 0.15) is 71.2 Å². The fourth-order valence-electron chi connectivity index (χ4n) is 5.23. The molecule has 0 unspecified atom stereocenters.